The van der Waals surface area contributed by atoms with Crippen LogP contribution in [0.5, 0.6) is 5.75 Å². The summed E-state index contributed by atoms with van der Waals surface area (Å²) in [7, 11) is -0.572. The summed E-state index contributed by atoms with van der Waals surface area (Å²) < 4.78 is 22.9. The minimum Gasteiger partial charge on any atom is -0.534 e. The lowest BCUT2D eigenvalue weighted by Gasteiger charge is -2.31. The molecular formula is C18H21BN2O6. The molecule has 3 aliphatic rings. The minimum absolute atomic E-state index is 0.174. The molecule has 0 unspecified atom stereocenters. The van der Waals surface area contributed by atoms with E-state index in [9.17, 15) is 9.59 Å². The van der Waals surface area contributed by atoms with Crippen LogP contribution in [0.3, 0.4) is 0 Å². The number of nitrogens with zero attached hydrogens (tertiary/aromatic N) is 1. The topological polar surface area (TPSA) is 86.3 Å². The highest BCUT2D eigenvalue weighted by Gasteiger charge is 2.48. The molecule has 27 heavy (non-hydrogen) atoms. The van der Waals surface area contributed by atoms with Crippen LogP contribution in [0, 0.1) is 0 Å². The van der Waals surface area contributed by atoms with Crippen molar-refractivity contribution in [3.63, 3.8) is 0 Å². The number of hydrogen-bond acceptors (Lipinski definition) is 6. The van der Waals surface area contributed by atoms with E-state index >= 15 is 0 Å². The Morgan fingerprint density at radius 1 is 1.44 bits per heavy atom. The average Bonchev–Trinajstić information content (AvgIpc) is 3.08. The number of anilines is 1. The second-order valence-electron chi connectivity index (χ2n) is 7.34. The molecule has 1 N–H and O–H groups in total. The quantitative estimate of drug-likeness (QED) is 0.795. The van der Waals surface area contributed by atoms with Crippen molar-refractivity contribution in [1.82, 2.24) is 5.32 Å². The summed E-state index contributed by atoms with van der Waals surface area (Å²) in [5.74, 6) is 0.950. The number of carbonyl (C=O) groups is 2. The van der Waals surface area contributed by atoms with E-state index in [1.165, 1.54) is 6.92 Å². The van der Waals surface area contributed by atoms with Gasteiger partial charge in [-0.25, -0.2) is 4.79 Å². The van der Waals surface area contributed by atoms with Crippen molar-refractivity contribution in [2.24, 2.45) is 0 Å². The van der Waals surface area contributed by atoms with Gasteiger partial charge in [0.25, 0.3) is 0 Å². The van der Waals surface area contributed by atoms with E-state index in [0.29, 0.717) is 17.2 Å². The number of fused-ring (bicyclic) bond motifs is 3. The lowest BCUT2D eigenvalue weighted by Crippen LogP contribution is -2.48. The zero-order chi connectivity index (χ0) is 19.3. The van der Waals surface area contributed by atoms with Gasteiger partial charge in [0.05, 0.1) is 18.0 Å². The van der Waals surface area contributed by atoms with Gasteiger partial charge >= 0.3 is 13.2 Å². The number of hydrogen-bond donors (Lipinski definition) is 1. The van der Waals surface area contributed by atoms with Gasteiger partial charge in [-0.3, -0.25) is 9.69 Å². The molecule has 3 heterocycles. The fraction of sp³-hybridized carbons (Fsp3) is 0.444. The van der Waals surface area contributed by atoms with E-state index < -0.39 is 24.9 Å². The number of cyclic esters (lactones) is 1. The van der Waals surface area contributed by atoms with Crippen LogP contribution in [-0.4, -0.2) is 50.0 Å². The zero-order valence-electron chi connectivity index (χ0n) is 15.5. The summed E-state index contributed by atoms with van der Waals surface area (Å²) in [5, 5.41) is 2.68. The molecule has 4 rings (SSSR count). The Bertz CT molecular complexity index is 826. The minimum atomic E-state index is -0.572. The Balaban J connectivity index is 1.56. The summed E-state index contributed by atoms with van der Waals surface area (Å²) >= 11 is 0. The van der Waals surface area contributed by atoms with Crippen molar-refractivity contribution >= 4 is 30.3 Å². The third-order valence-electron chi connectivity index (χ3n) is 5.01. The summed E-state index contributed by atoms with van der Waals surface area (Å²) in [6.07, 6.45) is -0.907. The van der Waals surface area contributed by atoms with E-state index in [1.807, 2.05) is 19.9 Å². The smallest absolute Gasteiger partial charge is 0.534 e. The predicted octanol–water partition coefficient (Wildman–Crippen LogP) is 0.943. The normalized spacial score (nSPS) is 25.3. The predicted molar refractivity (Wildman–Crippen MR) is 97.9 cm³/mol. The lowest BCUT2D eigenvalue weighted by atomic mass is 9.79. The van der Waals surface area contributed by atoms with Crippen LogP contribution in [0.15, 0.2) is 30.5 Å². The molecule has 9 heteroatoms. The Morgan fingerprint density at radius 2 is 2.22 bits per heavy atom. The van der Waals surface area contributed by atoms with Crippen molar-refractivity contribution in [1.29, 1.82) is 0 Å². The fourth-order valence-electron chi connectivity index (χ4n) is 3.38. The highest BCUT2D eigenvalue weighted by Crippen LogP contribution is 2.38. The van der Waals surface area contributed by atoms with Crippen molar-refractivity contribution in [2.75, 3.05) is 18.1 Å². The SMILES string of the molecule is C=C1OB(c2ccc3c(c2)OC[C@H]2[C@H](CNC(C)=O)OC(=O)N32)OC1(C)C. The zero-order valence-corrected chi connectivity index (χ0v) is 15.5. The summed E-state index contributed by atoms with van der Waals surface area (Å²) in [5.41, 5.74) is 0.838. The average molecular weight is 372 g/mol. The van der Waals surface area contributed by atoms with E-state index in [1.54, 1.807) is 17.0 Å². The van der Waals surface area contributed by atoms with Gasteiger partial charge in [0.2, 0.25) is 5.91 Å². The Kier molecular flexibility index (Phi) is 4.07. The summed E-state index contributed by atoms with van der Waals surface area (Å²) in [6.45, 7) is 9.62. The van der Waals surface area contributed by atoms with Gasteiger partial charge in [0.1, 0.15) is 30.1 Å². The molecule has 0 aromatic heterocycles. The maximum atomic E-state index is 12.4. The largest absolute Gasteiger partial charge is 0.563 e. The molecule has 142 valence electrons. The molecule has 8 nitrogen and oxygen atoms in total. The third-order valence-corrected chi connectivity index (χ3v) is 5.01. The third kappa shape index (κ3) is 3.01. The van der Waals surface area contributed by atoms with Crippen LogP contribution >= 0.6 is 0 Å². The maximum absolute atomic E-state index is 12.4. The molecule has 3 aliphatic heterocycles. The molecule has 0 saturated carbocycles. The Morgan fingerprint density at radius 3 is 2.89 bits per heavy atom. The van der Waals surface area contributed by atoms with E-state index in [4.69, 9.17) is 18.8 Å². The van der Waals surface area contributed by atoms with Crippen molar-refractivity contribution in [3.8, 4) is 5.75 Å². The van der Waals surface area contributed by atoms with Gasteiger partial charge in [0.15, 0.2) is 0 Å². The molecule has 2 atom stereocenters. The van der Waals surface area contributed by atoms with Gasteiger partial charge in [0, 0.05) is 12.4 Å². The number of nitrogens with one attached hydrogen (secondary N) is 1. The number of benzene rings is 1. The molecule has 2 fully saturated rings. The lowest BCUT2D eigenvalue weighted by molar-refractivity contribution is -0.119. The first-order valence-electron chi connectivity index (χ1n) is 8.81. The first-order chi connectivity index (χ1) is 12.8. The summed E-state index contributed by atoms with van der Waals surface area (Å²) in [6, 6.07) is 5.14. The molecule has 0 aliphatic carbocycles. The van der Waals surface area contributed by atoms with Crippen LogP contribution in [0.4, 0.5) is 10.5 Å². The first kappa shape index (κ1) is 17.7. The monoisotopic (exact) mass is 372 g/mol. The molecule has 1 aromatic carbocycles. The maximum Gasteiger partial charge on any atom is 0.563 e. The van der Waals surface area contributed by atoms with E-state index in [-0.39, 0.29) is 25.1 Å². The van der Waals surface area contributed by atoms with Crippen molar-refractivity contribution < 1.29 is 28.4 Å². The van der Waals surface area contributed by atoms with Crippen LogP contribution in [0.25, 0.3) is 0 Å². The molecule has 0 spiro atoms. The van der Waals surface area contributed by atoms with Crippen LogP contribution in [0.2, 0.25) is 0 Å². The number of ether oxygens (including phenoxy) is 2. The molecule has 1 aromatic rings. The standard InChI is InChI=1S/C18H21BN2O6/c1-10-18(3,4)27-19(26-10)12-5-6-13-15(7-12)24-9-14-16(8-20-11(2)22)25-17(23)21(13)14/h5-7,14,16H,1,8-9H2,2-4H3,(H,20,22)/t14-,16-/m0/s1. The van der Waals surface area contributed by atoms with Gasteiger partial charge in [-0.15, -0.1) is 0 Å². The fourth-order valence-corrected chi connectivity index (χ4v) is 3.38. The molecule has 0 radical (unpaired) electrons. The van der Waals surface area contributed by atoms with E-state index in [0.717, 1.165) is 5.46 Å². The van der Waals surface area contributed by atoms with Crippen LogP contribution in [-0.2, 0) is 18.8 Å². The van der Waals surface area contributed by atoms with Gasteiger partial charge in [-0.2, -0.15) is 0 Å². The molecule has 2 saturated heterocycles. The Labute approximate surface area is 157 Å². The second kappa shape index (κ2) is 6.19. The van der Waals surface area contributed by atoms with Gasteiger partial charge in [-0.05, 0) is 26.0 Å². The van der Waals surface area contributed by atoms with Crippen molar-refractivity contribution in [2.45, 2.75) is 38.5 Å². The van der Waals surface area contributed by atoms with Gasteiger partial charge < -0.3 is 24.1 Å². The first-order valence-corrected chi connectivity index (χ1v) is 8.81. The van der Waals surface area contributed by atoms with Crippen LogP contribution < -0.4 is 20.4 Å². The number of amides is 2. The Hall–Kier alpha value is -2.68. The molecule has 2 amide bonds. The molecular weight excluding hydrogens is 351 g/mol. The molecule has 0 bridgehead atoms. The number of carbonyl (C=O) groups excluding carboxylic acids is 2. The second-order valence-corrected chi connectivity index (χ2v) is 7.34. The van der Waals surface area contributed by atoms with E-state index in [2.05, 4.69) is 11.9 Å². The highest BCUT2D eigenvalue weighted by atomic mass is 16.7. The van der Waals surface area contributed by atoms with Crippen LogP contribution in [0.1, 0.15) is 20.8 Å². The summed E-state index contributed by atoms with van der Waals surface area (Å²) in [4.78, 5) is 25.1. The van der Waals surface area contributed by atoms with Gasteiger partial charge in [-0.1, -0.05) is 12.6 Å². The van der Waals surface area contributed by atoms with Crippen molar-refractivity contribution in [3.05, 3.63) is 30.5 Å². The number of rotatable bonds is 3. The highest BCUT2D eigenvalue weighted by molar-refractivity contribution is 6.62.